The van der Waals surface area contributed by atoms with E-state index in [4.69, 9.17) is 16.2 Å². The third-order valence-electron chi connectivity index (χ3n) is 1.46. The normalized spacial score (nSPS) is 12.1. The molecule has 5 nitrogen and oxygen atoms in total. The monoisotopic (exact) mass is 249 g/mol. The average molecular weight is 250 g/mol. The molecule has 0 saturated heterocycles. The molecule has 0 aliphatic heterocycles. The first-order valence-electron chi connectivity index (χ1n) is 3.82. The van der Waals surface area contributed by atoms with Gasteiger partial charge in [0.15, 0.2) is 5.88 Å². The first-order chi connectivity index (χ1) is 6.88. The van der Waals surface area contributed by atoms with E-state index in [-0.39, 0.29) is 11.3 Å². The number of rotatable bonds is 3. The number of hydrogen-bond acceptors (Lipinski definition) is 4. The van der Waals surface area contributed by atoms with Crippen molar-refractivity contribution < 1.29 is 18.1 Å². The molecule has 0 heterocycles. The van der Waals surface area contributed by atoms with E-state index in [0.717, 1.165) is 6.21 Å². The Morgan fingerprint density at radius 2 is 2.13 bits per heavy atom. The molecule has 0 saturated carbocycles. The van der Waals surface area contributed by atoms with Gasteiger partial charge in [-0.25, -0.2) is 0 Å². The number of hydrogen-bond donors (Lipinski definition) is 2. The first-order valence-corrected chi connectivity index (χ1v) is 5.81. The van der Waals surface area contributed by atoms with Crippen LogP contribution in [0.2, 0.25) is 5.02 Å². The molecular weight excluding hydrogens is 242 g/mol. The Morgan fingerprint density at radius 3 is 2.73 bits per heavy atom. The lowest BCUT2D eigenvalue weighted by molar-refractivity contribution is 0.474. The maximum absolute atomic E-state index is 10.3. The van der Waals surface area contributed by atoms with Gasteiger partial charge in [0.1, 0.15) is 5.75 Å². The minimum atomic E-state index is -4.13. The zero-order chi connectivity index (χ0) is 11.5. The minimum absolute atomic E-state index is 0.0708. The minimum Gasteiger partial charge on any atom is -0.507 e. The Balaban J connectivity index is 2.85. The fraction of sp³-hybridized carbons (Fsp3) is 0.125. The van der Waals surface area contributed by atoms with Crippen LogP contribution in [0.1, 0.15) is 5.56 Å². The Kier molecular flexibility index (Phi) is 3.67. The van der Waals surface area contributed by atoms with Crippen molar-refractivity contribution >= 4 is 27.9 Å². The maximum Gasteiger partial charge on any atom is 0.285 e. The summed E-state index contributed by atoms with van der Waals surface area (Å²) >= 11 is 5.65. The summed E-state index contributed by atoms with van der Waals surface area (Å²) in [5.41, 5.74) is 0.283. The lowest BCUT2D eigenvalue weighted by Gasteiger charge is -1.98. The molecule has 7 heteroatoms. The van der Waals surface area contributed by atoms with Gasteiger partial charge in [0.05, 0.1) is 0 Å². The quantitative estimate of drug-likeness (QED) is 0.625. The van der Waals surface area contributed by atoms with Crippen molar-refractivity contribution in [1.82, 2.24) is 0 Å². The molecule has 0 fully saturated rings. The SMILES string of the molecule is O=S(=O)(O)C/N=C/c1cc(Cl)ccc1O. The van der Waals surface area contributed by atoms with Crippen LogP contribution in [0.3, 0.4) is 0 Å². The Morgan fingerprint density at radius 1 is 1.47 bits per heavy atom. The molecule has 1 aromatic rings. The zero-order valence-corrected chi connectivity index (χ0v) is 9.03. The van der Waals surface area contributed by atoms with Crippen molar-refractivity contribution in [3.05, 3.63) is 28.8 Å². The smallest absolute Gasteiger partial charge is 0.285 e. The molecule has 0 aliphatic rings. The van der Waals surface area contributed by atoms with Gasteiger partial charge in [0.2, 0.25) is 0 Å². The predicted octanol–water partition coefficient (Wildman–Crippen LogP) is 1.31. The van der Waals surface area contributed by atoms with Crippen molar-refractivity contribution in [3.63, 3.8) is 0 Å². The summed E-state index contributed by atoms with van der Waals surface area (Å²) in [5, 5.41) is 9.69. The van der Waals surface area contributed by atoms with Gasteiger partial charge < -0.3 is 5.11 Å². The van der Waals surface area contributed by atoms with Crippen LogP contribution in [0.15, 0.2) is 23.2 Å². The standard InChI is InChI=1S/C8H8ClNO4S/c9-7-1-2-8(11)6(3-7)4-10-5-15(12,13)14/h1-4,11H,5H2,(H,12,13,14)/b10-4+. The maximum atomic E-state index is 10.3. The van der Waals surface area contributed by atoms with E-state index in [0.29, 0.717) is 5.02 Å². The van der Waals surface area contributed by atoms with Gasteiger partial charge in [0.25, 0.3) is 10.1 Å². The van der Waals surface area contributed by atoms with E-state index in [1.807, 2.05) is 0 Å². The largest absolute Gasteiger partial charge is 0.507 e. The van der Waals surface area contributed by atoms with Crippen molar-refractivity contribution in [2.45, 2.75) is 0 Å². The fourth-order valence-corrected chi connectivity index (χ4v) is 1.30. The summed E-state index contributed by atoms with van der Waals surface area (Å²) in [5.74, 6) is -0.822. The van der Waals surface area contributed by atoms with Gasteiger partial charge in [-0.1, -0.05) is 11.6 Å². The third kappa shape index (κ3) is 4.28. The van der Waals surface area contributed by atoms with Gasteiger partial charge in [-0.05, 0) is 18.2 Å². The van der Waals surface area contributed by atoms with E-state index in [9.17, 15) is 13.5 Å². The number of nitrogens with zero attached hydrogens (tertiary/aromatic N) is 1. The molecule has 0 radical (unpaired) electrons. The molecule has 0 amide bonds. The van der Waals surface area contributed by atoms with Crippen molar-refractivity contribution in [2.75, 3.05) is 5.88 Å². The van der Waals surface area contributed by atoms with Crippen LogP contribution >= 0.6 is 11.6 Å². The van der Waals surface area contributed by atoms with E-state index in [1.165, 1.54) is 18.2 Å². The molecule has 0 unspecified atom stereocenters. The molecule has 1 aromatic carbocycles. The van der Waals surface area contributed by atoms with E-state index in [1.54, 1.807) is 0 Å². The highest BCUT2D eigenvalue weighted by Crippen LogP contribution is 2.19. The Labute approximate surface area is 91.8 Å². The Hall–Kier alpha value is -1.11. The van der Waals surface area contributed by atoms with E-state index >= 15 is 0 Å². The molecule has 0 aliphatic carbocycles. The second-order valence-electron chi connectivity index (χ2n) is 2.73. The van der Waals surface area contributed by atoms with Gasteiger partial charge in [-0.15, -0.1) is 0 Å². The van der Waals surface area contributed by atoms with Crippen LogP contribution in [0, 0.1) is 0 Å². The molecule has 82 valence electrons. The molecule has 1 rings (SSSR count). The summed E-state index contributed by atoms with van der Waals surface area (Å²) in [7, 11) is -4.13. The fourth-order valence-electron chi connectivity index (χ4n) is 0.859. The van der Waals surface area contributed by atoms with Gasteiger partial charge >= 0.3 is 0 Å². The summed E-state index contributed by atoms with van der Waals surface area (Å²) in [6.45, 7) is 0. The topological polar surface area (TPSA) is 87.0 Å². The van der Waals surface area contributed by atoms with Gasteiger partial charge in [-0.3, -0.25) is 9.55 Å². The molecule has 2 N–H and O–H groups in total. The molecule has 15 heavy (non-hydrogen) atoms. The predicted molar refractivity (Wildman–Crippen MR) is 57.1 cm³/mol. The van der Waals surface area contributed by atoms with Crippen LogP contribution in [0.5, 0.6) is 5.75 Å². The highest BCUT2D eigenvalue weighted by molar-refractivity contribution is 7.85. The lowest BCUT2D eigenvalue weighted by Crippen LogP contribution is -2.01. The van der Waals surface area contributed by atoms with Crippen LogP contribution < -0.4 is 0 Å². The van der Waals surface area contributed by atoms with Gasteiger partial charge in [-0.2, -0.15) is 8.42 Å². The number of phenolic OH excluding ortho intramolecular Hbond substituents is 1. The highest BCUT2D eigenvalue weighted by atomic mass is 35.5. The summed E-state index contributed by atoms with van der Waals surface area (Å²) in [6, 6.07) is 4.26. The van der Waals surface area contributed by atoms with Crippen molar-refractivity contribution in [2.24, 2.45) is 4.99 Å². The van der Waals surface area contributed by atoms with Crippen molar-refractivity contribution in [1.29, 1.82) is 0 Å². The van der Waals surface area contributed by atoms with E-state index in [2.05, 4.69) is 4.99 Å². The zero-order valence-electron chi connectivity index (χ0n) is 7.46. The Bertz CT molecular complexity index is 483. The third-order valence-corrected chi connectivity index (χ3v) is 2.17. The number of aliphatic imine (C=N–C) groups is 1. The van der Waals surface area contributed by atoms with E-state index < -0.39 is 16.0 Å². The molecule has 0 aromatic heterocycles. The number of halogens is 1. The molecular formula is C8H8ClNO4S. The van der Waals surface area contributed by atoms with Crippen LogP contribution in [-0.2, 0) is 10.1 Å². The second kappa shape index (κ2) is 4.61. The molecule has 0 spiro atoms. The van der Waals surface area contributed by atoms with Crippen LogP contribution in [0.25, 0.3) is 0 Å². The van der Waals surface area contributed by atoms with Crippen LogP contribution in [-0.4, -0.2) is 30.2 Å². The molecule has 0 atom stereocenters. The average Bonchev–Trinajstić information content (AvgIpc) is 2.09. The number of phenols is 1. The van der Waals surface area contributed by atoms with Gasteiger partial charge in [0, 0.05) is 16.8 Å². The second-order valence-corrected chi connectivity index (χ2v) is 4.58. The number of benzene rings is 1. The summed E-state index contributed by atoms with van der Waals surface area (Å²) in [6.07, 6.45) is 1.12. The highest BCUT2D eigenvalue weighted by Gasteiger charge is 2.02. The first kappa shape index (κ1) is 12.0. The summed E-state index contributed by atoms with van der Waals surface area (Å²) in [4.78, 5) is 3.43. The van der Waals surface area contributed by atoms with Crippen molar-refractivity contribution in [3.8, 4) is 5.75 Å². The molecule has 0 bridgehead atoms. The summed E-state index contributed by atoms with van der Waals surface area (Å²) < 4.78 is 29.0. The van der Waals surface area contributed by atoms with Crippen LogP contribution in [0.4, 0.5) is 0 Å². The number of aromatic hydroxyl groups is 1. The lowest BCUT2D eigenvalue weighted by atomic mass is 10.2.